The van der Waals surface area contributed by atoms with Gasteiger partial charge in [-0.05, 0) is 47.2 Å². The van der Waals surface area contributed by atoms with Crippen molar-refractivity contribution in [1.29, 1.82) is 0 Å². The van der Waals surface area contributed by atoms with E-state index in [0.29, 0.717) is 27.2 Å². The zero-order valence-electron chi connectivity index (χ0n) is 10.6. The summed E-state index contributed by atoms with van der Waals surface area (Å²) in [7, 11) is 0. The Bertz CT molecular complexity index is 826. The number of aromatic nitrogens is 2. The van der Waals surface area contributed by atoms with Crippen LogP contribution in [0.25, 0.3) is 11.0 Å². The fourth-order valence-corrected chi connectivity index (χ4v) is 3.02. The predicted molar refractivity (Wildman–Crippen MR) is 88.4 cm³/mol. The number of nitrogens with zero attached hydrogens (tertiary/aromatic N) is 1. The molecule has 0 saturated heterocycles. The van der Waals surface area contributed by atoms with Crippen molar-refractivity contribution in [2.75, 3.05) is 0 Å². The highest BCUT2D eigenvalue weighted by atomic mass is 127. The number of hydrogen-bond donors (Lipinski definition) is 1. The third-order valence-electron chi connectivity index (χ3n) is 3.20. The number of rotatable bonds is 2. The second-order valence-electron chi connectivity index (χ2n) is 4.48. The molecule has 0 aliphatic rings. The highest BCUT2D eigenvalue weighted by Crippen LogP contribution is 2.28. The Morgan fingerprint density at radius 1 is 1.30 bits per heavy atom. The molecule has 0 radical (unpaired) electrons. The molecule has 0 fully saturated rings. The van der Waals surface area contributed by atoms with Gasteiger partial charge in [0.2, 0.25) is 0 Å². The average molecular weight is 397 g/mol. The fraction of sp³-hybridized carbons (Fsp3) is 0.0667. The van der Waals surface area contributed by atoms with Crippen LogP contribution in [0.1, 0.15) is 21.5 Å². The van der Waals surface area contributed by atoms with Crippen LogP contribution in [-0.4, -0.2) is 15.8 Å². The molecule has 2 heterocycles. The molecule has 3 aromatic rings. The number of fused-ring (bicyclic) bond motifs is 1. The number of carbonyl (C=O) groups excluding carboxylic acids is 1. The summed E-state index contributed by atoms with van der Waals surface area (Å²) in [6, 6.07) is 7.40. The summed E-state index contributed by atoms with van der Waals surface area (Å²) in [4.78, 5) is 19.9. The first-order valence-electron chi connectivity index (χ1n) is 6.01. The molecule has 0 aliphatic heterocycles. The van der Waals surface area contributed by atoms with Crippen molar-refractivity contribution < 1.29 is 4.79 Å². The van der Waals surface area contributed by atoms with Crippen LogP contribution in [0.4, 0.5) is 0 Å². The minimum Gasteiger partial charge on any atom is -0.345 e. The second kappa shape index (κ2) is 5.18. The van der Waals surface area contributed by atoms with Crippen LogP contribution in [0.3, 0.4) is 0 Å². The Balaban J connectivity index is 2.21. The third-order valence-corrected chi connectivity index (χ3v) is 4.95. The summed E-state index contributed by atoms with van der Waals surface area (Å²) in [6.45, 7) is 1.99. The zero-order chi connectivity index (χ0) is 14.3. The lowest BCUT2D eigenvalue weighted by molar-refractivity contribution is 0.103. The van der Waals surface area contributed by atoms with Crippen molar-refractivity contribution in [3.05, 3.63) is 61.9 Å². The Kier molecular flexibility index (Phi) is 3.52. The first-order valence-corrected chi connectivity index (χ1v) is 7.46. The molecule has 0 spiro atoms. The summed E-state index contributed by atoms with van der Waals surface area (Å²) in [5, 5.41) is 1.21. The van der Waals surface area contributed by atoms with Crippen molar-refractivity contribution in [3.63, 3.8) is 0 Å². The molecule has 5 heteroatoms. The lowest BCUT2D eigenvalue weighted by atomic mass is 10.0. The molecule has 2 aromatic heterocycles. The number of carbonyl (C=O) groups is 1. The lowest BCUT2D eigenvalue weighted by Crippen LogP contribution is -2.04. The van der Waals surface area contributed by atoms with Crippen molar-refractivity contribution in [3.8, 4) is 0 Å². The molecule has 0 aliphatic carbocycles. The summed E-state index contributed by atoms with van der Waals surface area (Å²) in [5.41, 5.74) is 2.96. The topological polar surface area (TPSA) is 45.8 Å². The number of benzene rings is 1. The van der Waals surface area contributed by atoms with Crippen LogP contribution >= 0.6 is 34.2 Å². The molecule has 1 aromatic carbocycles. The van der Waals surface area contributed by atoms with Crippen molar-refractivity contribution in [2.45, 2.75) is 6.92 Å². The summed E-state index contributed by atoms with van der Waals surface area (Å²) in [5.74, 6) is -0.0424. The Morgan fingerprint density at radius 3 is 2.90 bits per heavy atom. The number of aryl methyl sites for hydroxylation is 1. The molecule has 1 N–H and O–H groups in total. The van der Waals surface area contributed by atoms with Gasteiger partial charge in [-0.1, -0.05) is 23.7 Å². The molecule has 0 bridgehead atoms. The van der Waals surface area contributed by atoms with E-state index in [1.807, 2.05) is 25.1 Å². The van der Waals surface area contributed by atoms with E-state index in [1.165, 1.54) is 0 Å². The minimum atomic E-state index is -0.0424. The fourth-order valence-electron chi connectivity index (χ4n) is 2.16. The van der Waals surface area contributed by atoms with Crippen molar-refractivity contribution in [2.24, 2.45) is 0 Å². The molecule has 20 heavy (non-hydrogen) atoms. The largest absolute Gasteiger partial charge is 0.345 e. The van der Waals surface area contributed by atoms with E-state index in [9.17, 15) is 4.79 Å². The van der Waals surface area contributed by atoms with Gasteiger partial charge in [-0.2, -0.15) is 0 Å². The Hall–Kier alpha value is -1.40. The highest BCUT2D eigenvalue weighted by molar-refractivity contribution is 14.1. The van der Waals surface area contributed by atoms with Gasteiger partial charge in [0.25, 0.3) is 0 Å². The maximum atomic E-state index is 12.7. The summed E-state index contributed by atoms with van der Waals surface area (Å²) < 4.78 is 0.962. The Labute approximate surface area is 134 Å². The average Bonchev–Trinajstić information content (AvgIpc) is 2.86. The normalized spacial score (nSPS) is 10.9. The van der Waals surface area contributed by atoms with E-state index < -0.39 is 0 Å². The standard InChI is InChI=1S/C15H10ClIN2O/c1-8-3-2-4-9(13(8)17)14(20)10-7-19-15-12(10)11(16)5-6-18-15/h2-7H,1H3,(H,18,19). The van der Waals surface area contributed by atoms with Crippen LogP contribution < -0.4 is 0 Å². The van der Waals surface area contributed by atoms with E-state index in [-0.39, 0.29) is 5.78 Å². The zero-order valence-corrected chi connectivity index (χ0v) is 13.5. The smallest absolute Gasteiger partial charge is 0.196 e. The van der Waals surface area contributed by atoms with Crippen LogP contribution in [0.5, 0.6) is 0 Å². The van der Waals surface area contributed by atoms with Crippen LogP contribution in [0, 0.1) is 10.5 Å². The van der Waals surface area contributed by atoms with E-state index >= 15 is 0 Å². The number of aromatic amines is 1. The van der Waals surface area contributed by atoms with Gasteiger partial charge >= 0.3 is 0 Å². The van der Waals surface area contributed by atoms with E-state index in [1.54, 1.807) is 18.5 Å². The van der Waals surface area contributed by atoms with E-state index in [4.69, 9.17) is 11.6 Å². The quantitative estimate of drug-likeness (QED) is 0.517. The van der Waals surface area contributed by atoms with Gasteiger partial charge in [-0.15, -0.1) is 0 Å². The first kappa shape index (κ1) is 13.6. The Morgan fingerprint density at radius 2 is 2.10 bits per heavy atom. The molecular weight excluding hydrogens is 387 g/mol. The summed E-state index contributed by atoms with van der Waals surface area (Å²) in [6.07, 6.45) is 3.29. The van der Waals surface area contributed by atoms with Gasteiger partial charge in [0.1, 0.15) is 5.65 Å². The molecule has 0 saturated carbocycles. The van der Waals surface area contributed by atoms with Gasteiger partial charge < -0.3 is 4.98 Å². The van der Waals surface area contributed by atoms with Crippen LogP contribution in [-0.2, 0) is 0 Å². The van der Waals surface area contributed by atoms with Crippen LogP contribution in [0.15, 0.2) is 36.7 Å². The first-order chi connectivity index (χ1) is 9.59. The number of ketones is 1. The minimum absolute atomic E-state index is 0.0424. The second-order valence-corrected chi connectivity index (χ2v) is 5.97. The summed E-state index contributed by atoms with van der Waals surface area (Å²) >= 11 is 8.39. The van der Waals surface area contributed by atoms with Gasteiger partial charge in [0, 0.05) is 26.9 Å². The number of pyridine rings is 1. The monoisotopic (exact) mass is 396 g/mol. The maximum absolute atomic E-state index is 12.7. The van der Waals surface area contributed by atoms with Gasteiger partial charge in [0.15, 0.2) is 5.78 Å². The number of H-pyrrole nitrogens is 1. The van der Waals surface area contributed by atoms with Gasteiger partial charge in [0.05, 0.1) is 10.6 Å². The molecule has 0 amide bonds. The molecule has 0 atom stereocenters. The maximum Gasteiger partial charge on any atom is 0.196 e. The van der Waals surface area contributed by atoms with Crippen LogP contribution in [0.2, 0.25) is 5.02 Å². The molecular formula is C15H10ClIN2O. The number of halogens is 2. The van der Waals surface area contributed by atoms with E-state index in [2.05, 4.69) is 32.6 Å². The van der Waals surface area contributed by atoms with Crippen molar-refractivity contribution >= 4 is 51.0 Å². The van der Waals surface area contributed by atoms with Gasteiger partial charge in [-0.25, -0.2) is 4.98 Å². The molecule has 3 rings (SSSR count). The lowest BCUT2D eigenvalue weighted by Gasteiger charge is -2.06. The molecule has 0 unspecified atom stereocenters. The van der Waals surface area contributed by atoms with Crippen molar-refractivity contribution in [1.82, 2.24) is 9.97 Å². The SMILES string of the molecule is Cc1cccc(C(=O)c2c[nH]c3nccc(Cl)c23)c1I. The third kappa shape index (κ3) is 2.13. The molecule has 100 valence electrons. The molecule has 3 nitrogen and oxygen atoms in total. The highest BCUT2D eigenvalue weighted by Gasteiger charge is 2.19. The van der Waals surface area contributed by atoms with E-state index in [0.717, 1.165) is 9.13 Å². The predicted octanol–water partition coefficient (Wildman–Crippen LogP) is 4.36. The van der Waals surface area contributed by atoms with Gasteiger partial charge in [-0.3, -0.25) is 4.79 Å². The number of hydrogen-bond acceptors (Lipinski definition) is 2. The number of nitrogens with one attached hydrogen (secondary N) is 1.